The Kier molecular flexibility index (Phi) is 4.81. The van der Waals surface area contributed by atoms with Crippen LogP contribution in [0.5, 0.6) is 0 Å². The topological polar surface area (TPSA) is 64.2 Å². The normalized spacial score (nSPS) is 19.9. The fourth-order valence-corrected chi connectivity index (χ4v) is 2.89. The Bertz CT molecular complexity index is 448. The molecule has 0 spiro atoms. The Morgan fingerprint density at radius 3 is 2.65 bits per heavy atom. The first kappa shape index (κ1) is 15.0. The van der Waals surface area contributed by atoms with Crippen LogP contribution in [0.25, 0.3) is 0 Å². The van der Waals surface area contributed by atoms with Crippen LogP contribution < -0.4 is 5.73 Å². The highest BCUT2D eigenvalue weighted by molar-refractivity contribution is 5.82. The molecule has 1 fully saturated rings. The molecular weight excluding hydrogens is 252 g/mol. The van der Waals surface area contributed by atoms with Crippen molar-refractivity contribution in [3.8, 4) is 0 Å². The molecule has 5 nitrogen and oxygen atoms in total. The van der Waals surface area contributed by atoms with Gasteiger partial charge in [0.1, 0.15) is 0 Å². The summed E-state index contributed by atoms with van der Waals surface area (Å²) in [5.74, 6) is 0.867. The van der Waals surface area contributed by atoms with Crippen molar-refractivity contribution in [2.24, 2.45) is 18.7 Å². The van der Waals surface area contributed by atoms with E-state index in [1.807, 2.05) is 29.7 Å². The number of hydrogen-bond donors (Lipinski definition) is 1. The summed E-state index contributed by atoms with van der Waals surface area (Å²) in [7, 11) is 1.98. The van der Waals surface area contributed by atoms with Crippen LogP contribution in [-0.4, -0.2) is 39.7 Å². The molecule has 0 aliphatic carbocycles. The van der Waals surface area contributed by atoms with Crippen molar-refractivity contribution in [1.82, 2.24) is 14.7 Å². The quantitative estimate of drug-likeness (QED) is 0.907. The van der Waals surface area contributed by atoms with E-state index in [1.165, 1.54) is 5.69 Å². The molecule has 0 saturated carbocycles. The molecule has 2 heterocycles. The predicted molar refractivity (Wildman–Crippen MR) is 79.2 cm³/mol. The lowest BCUT2D eigenvalue weighted by Crippen LogP contribution is -2.49. The zero-order chi connectivity index (χ0) is 14.7. The van der Waals surface area contributed by atoms with Crippen molar-refractivity contribution in [3.05, 3.63) is 18.0 Å². The van der Waals surface area contributed by atoms with E-state index >= 15 is 0 Å². The SMILES string of the molecule is CCC(C)C(N)C(=O)N1CCC(c2ccnn2C)CC1. The van der Waals surface area contributed by atoms with E-state index in [0.717, 1.165) is 32.4 Å². The van der Waals surface area contributed by atoms with Crippen LogP contribution in [0.4, 0.5) is 0 Å². The van der Waals surface area contributed by atoms with Crippen LogP contribution >= 0.6 is 0 Å². The maximum atomic E-state index is 12.3. The Hall–Kier alpha value is -1.36. The molecule has 2 atom stereocenters. The van der Waals surface area contributed by atoms with E-state index in [-0.39, 0.29) is 17.9 Å². The van der Waals surface area contributed by atoms with Crippen molar-refractivity contribution in [3.63, 3.8) is 0 Å². The Balaban J connectivity index is 1.91. The fraction of sp³-hybridized carbons (Fsp3) is 0.733. The van der Waals surface area contributed by atoms with Gasteiger partial charge in [0.2, 0.25) is 5.91 Å². The number of aryl methyl sites for hydroxylation is 1. The lowest BCUT2D eigenvalue weighted by atomic mass is 9.92. The summed E-state index contributed by atoms with van der Waals surface area (Å²) in [6.45, 7) is 5.73. The van der Waals surface area contributed by atoms with Gasteiger partial charge in [-0.3, -0.25) is 9.48 Å². The van der Waals surface area contributed by atoms with Crippen LogP contribution in [0.2, 0.25) is 0 Å². The summed E-state index contributed by atoms with van der Waals surface area (Å²) in [5.41, 5.74) is 7.32. The number of hydrogen-bond acceptors (Lipinski definition) is 3. The minimum absolute atomic E-state index is 0.114. The molecular formula is C15H26N4O. The predicted octanol–water partition coefficient (Wildman–Crippen LogP) is 1.50. The molecule has 0 bridgehead atoms. The number of carbonyl (C=O) groups excluding carboxylic acids is 1. The largest absolute Gasteiger partial charge is 0.341 e. The number of carbonyl (C=O) groups is 1. The van der Waals surface area contributed by atoms with Gasteiger partial charge in [-0.05, 0) is 24.8 Å². The lowest BCUT2D eigenvalue weighted by Gasteiger charge is -2.34. The first-order chi connectivity index (χ1) is 9.54. The Labute approximate surface area is 121 Å². The van der Waals surface area contributed by atoms with E-state index in [4.69, 9.17) is 5.73 Å². The van der Waals surface area contributed by atoms with Gasteiger partial charge in [0.05, 0.1) is 6.04 Å². The van der Waals surface area contributed by atoms with Gasteiger partial charge >= 0.3 is 0 Å². The van der Waals surface area contributed by atoms with Crippen molar-refractivity contribution >= 4 is 5.91 Å². The second kappa shape index (κ2) is 6.39. The zero-order valence-electron chi connectivity index (χ0n) is 12.7. The van der Waals surface area contributed by atoms with Gasteiger partial charge in [-0.25, -0.2) is 0 Å². The minimum Gasteiger partial charge on any atom is -0.341 e. The fourth-order valence-electron chi connectivity index (χ4n) is 2.89. The number of nitrogens with two attached hydrogens (primary N) is 1. The second-order valence-electron chi connectivity index (χ2n) is 5.89. The summed E-state index contributed by atoms with van der Waals surface area (Å²) in [6.07, 6.45) is 4.78. The number of amides is 1. The molecule has 0 radical (unpaired) electrons. The second-order valence-corrected chi connectivity index (χ2v) is 5.89. The molecule has 1 aromatic heterocycles. The van der Waals surface area contributed by atoms with Gasteiger partial charge < -0.3 is 10.6 Å². The monoisotopic (exact) mass is 278 g/mol. The minimum atomic E-state index is -0.353. The molecule has 1 aliphatic rings. The van der Waals surface area contributed by atoms with Gasteiger partial charge in [-0.2, -0.15) is 5.10 Å². The molecule has 1 aromatic rings. The summed E-state index contributed by atoms with van der Waals surface area (Å²) >= 11 is 0. The third-order valence-electron chi connectivity index (χ3n) is 4.63. The molecule has 1 amide bonds. The molecule has 0 aromatic carbocycles. The van der Waals surface area contributed by atoms with Crippen molar-refractivity contribution in [2.45, 2.75) is 45.1 Å². The summed E-state index contributed by atoms with van der Waals surface area (Å²) in [4.78, 5) is 14.3. The van der Waals surface area contributed by atoms with E-state index in [1.54, 1.807) is 0 Å². The highest BCUT2D eigenvalue weighted by atomic mass is 16.2. The Morgan fingerprint density at radius 1 is 1.50 bits per heavy atom. The Morgan fingerprint density at radius 2 is 2.15 bits per heavy atom. The molecule has 1 saturated heterocycles. The molecule has 2 rings (SSSR count). The van der Waals surface area contributed by atoms with Crippen LogP contribution in [0.3, 0.4) is 0 Å². The third kappa shape index (κ3) is 3.03. The van der Waals surface area contributed by atoms with Gasteiger partial charge in [-0.1, -0.05) is 20.3 Å². The number of likely N-dealkylation sites (tertiary alicyclic amines) is 1. The van der Waals surface area contributed by atoms with Crippen molar-refractivity contribution in [1.29, 1.82) is 0 Å². The highest BCUT2D eigenvalue weighted by Crippen LogP contribution is 2.27. The molecule has 2 N–H and O–H groups in total. The number of aromatic nitrogens is 2. The van der Waals surface area contributed by atoms with Crippen molar-refractivity contribution < 1.29 is 4.79 Å². The van der Waals surface area contributed by atoms with Crippen LogP contribution in [-0.2, 0) is 11.8 Å². The van der Waals surface area contributed by atoms with E-state index in [2.05, 4.69) is 18.1 Å². The maximum Gasteiger partial charge on any atom is 0.239 e. The van der Waals surface area contributed by atoms with E-state index < -0.39 is 0 Å². The van der Waals surface area contributed by atoms with Gasteiger partial charge in [0.15, 0.2) is 0 Å². The van der Waals surface area contributed by atoms with E-state index in [0.29, 0.717) is 5.92 Å². The van der Waals surface area contributed by atoms with Gasteiger partial charge in [0.25, 0.3) is 0 Å². The summed E-state index contributed by atoms with van der Waals surface area (Å²) < 4.78 is 1.94. The van der Waals surface area contributed by atoms with Crippen LogP contribution in [0.1, 0.15) is 44.7 Å². The summed E-state index contributed by atoms with van der Waals surface area (Å²) in [6, 6.07) is 1.72. The van der Waals surface area contributed by atoms with Crippen LogP contribution in [0.15, 0.2) is 12.3 Å². The average Bonchev–Trinajstić information content (AvgIpc) is 2.91. The smallest absolute Gasteiger partial charge is 0.239 e. The zero-order valence-corrected chi connectivity index (χ0v) is 12.7. The first-order valence-electron chi connectivity index (χ1n) is 7.56. The molecule has 20 heavy (non-hydrogen) atoms. The molecule has 1 aliphatic heterocycles. The maximum absolute atomic E-state index is 12.3. The first-order valence-corrected chi connectivity index (χ1v) is 7.56. The lowest BCUT2D eigenvalue weighted by molar-refractivity contribution is -0.134. The molecule has 2 unspecified atom stereocenters. The third-order valence-corrected chi connectivity index (χ3v) is 4.63. The highest BCUT2D eigenvalue weighted by Gasteiger charge is 2.29. The van der Waals surface area contributed by atoms with E-state index in [9.17, 15) is 4.79 Å². The standard InChI is InChI=1S/C15H26N4O/c1-4-11(2)14(16)15(20)19-9-6-12(7-10-19)13-5-8-17-18(13)3/h5,8,11-12,14H,4,6-7,9-10,16H2,1-3H3. The average molecular weight is 278 g/mol. The van der Waals surface area contributed by atoms with Gasteiger partial charge in [-0.15, -0.1) is 0 Å². The van der Waals surface area contributed by atoms with Crippen LogP contribution in [0, 0.1) is 5.92 Å². The number of rotatable bonds is 4. The molecule has 112 valence electrons. The summed E-state index contributed by atoms with van der Waals surface area (Å²) in [5, 5.41) is 4.22. The van der Waals surface area contributed by atoms with Crippen molar-refractivity contribution in [2.75, 3.05) is 13.1 Å². The number of piperidine rings is 1. The van der Waals surface area contributed by atoms with Gasteiger partial charge in [0, 0.05) is 37.9 Å². The molecule has 5 heteroatoms. The number of nitrogens with zero attached hydrogens (tertiary/aromatic N) is 3.